The molecule has 0 aromatic rings. The maximum Gasteiger partial charge on any atom is 0.229 e. The highest BCUT2D eigenvalue weighted by Crippen LogP contribution is 2.36. The van der Waals surface area contributed by atoms with E-state index in [0.717, 1.165) is 5.57 Å². The molecule has 0 radical (unpaired) electrons. The zero-order chi connectivity index (χ0) is 9.59. The second-order valence-electron chi connectivity index (χ2n) is 3.35. The van der Waals surface area contributed by atoms with E-state index in [2.05, 4.69) is 0 Å². The summed E-state index contributed by atoms with van der Waals surface area (Å²) >= 11 is 0. The van der Waals surface area contributed by atoms with Gasteiger partial charge < -0.3 is 0 Å². The first kappa shape index (κ1) is 8.10. The molecule has 2 aliphatic rings. The van der Waals surface area contributed by atoms with Crippen molar-refractivity contribution in [2.45, 2.75) is 13.3 Å². The molecular formula is C10H8O3. The van der Waals surface area contributed by atoms with Gasteiger partial charge in [-0.2, -0.15) is 0 Å². The molecule has 0 bridgehead atoms. The van der Waals surface area contributed by atoms with Crippen molar-refractivity contribution in [3.05, 3.63) is 23.3 Å². The Kier molecular flexibility index (Phi) is 1.55. The molecule has 1 unspecified atom stereocenters. The van der Waals surface area contributed by atoms with Crippen LogP contribution in [0.15, 0.2) is 23.3 Å². The average Bonchev–Trinajstić information content (AvgIpc) is 2.76. The molecule has 1 atom stereocenters. The van der Waals surface area contributed by atoms with Gasteiger partial charge in [0, 0.05) is 12.0 Å². The van der Waals surface area contributed by atoms with E-state index in [4.69, 9.17) is 0 Å². The smallest absolute Gasteiger partial charge is 0.229 e. The molecular weight excluding hydrogens is 168 g/mol. The van der Waals surface area contributed by atoms with Crippen molar-refractivity contribution in [1.29, 1.82) is 0 Å². The summed E-state index contributed by atoms with van der Waals surface area (Å²) in [7, 11) is 0. The van der Waals surface area contributed by atoms with Crippen molar-refractivity contribution in [2.75, 3.05) is 0 Å². The fourth-order valence-corrected chi connectivity index (χ4v) is 1.52. The first-order chi connectivity index (χ1) is 6.11. The molecule has 0 saturated heterocycles. The second kappa shape index (κ2) is 2.49. The first-order valence-electron chi connectivity index (χ1n) is 4.11. The largest absolute Gasteiger partial charge is 0.299 e. The van der Waals surface area contributed by atoms with E-state index < -0.39 is 11.6 Å². The lowest BCUT2D eigenvalue weighted by molar-refractivity contribution is -0.132. The van der Waals surface area contributed by atoms with Gasteiger partial charge in [-0.3, -0.25) is 14.4 Å². The molecule has 0 amide bonds. The van der Waals surface area contributed by atoms with Crippen molar-refractivity contribution in [1.82, 2.24) is 0 Å². The SMILES string of the molecule is CC1=C(C2CC2=O)C(=O)C(=O)C=C1. The number of Topliss-reactive ketones (excluding diaryl/α,β-unsaturated/α-hetero) is 2. The molecule has 0 N–H and O–H groups in total. The van der Waals surface area contributed by atoms with Crippen LogP contribution in [0.3, 0.4) is 0 Å². The van der Waals surface area contributed by atoms with Crippen molar-refractivity contribution >= 4 is 17.3 Å². The van der Waals surface area contributed by atoms with Crippen LogP contribution in [-0.4, -0.2) is 17.3 Å². The summed E-state index contributed by atoms with van der Waals surface area (Å²) in [6.45, 7) is 1.75. The van der Waals surface area contributed by atoms with E-state index in [0.29, 0.717) is 12.0 Å². The standard InChI is InChI=1S/C10H8O3/c1-5-2-3-7(11)10(13)9(5)6-4-8(6)12/h2-3,6H,4H2,1H3. The Morgan fingerprint density at radius 1 is 1.23 bits per heavy atom. The van der Waals surface area contributed by atoms with Crippen LogP contribution in [0.1, 0.15) is 13.3 Å². The molecule has 0 aromatic heterocycles. The number of hydrogen-bond acceptors (Lipinski definition) is 3. The molecule has 2 rings (SSSR count). The molecule has 1 fully saturated rings. The Morgan fingerprint density at radius 2 is 1.85 bits per heavy atom. The molecule has 2 aliphatic carbocycles. The van der Waals surface area contributed by atoms with E-state index in [1.165, 1.54) is 6.08 Å². The Bertz CT molecular complexity index is 385. The van der Waals surface area contributed by atoms with Crippen LogP contribution in [0.25, 0.3) is 0 Å². The Hall–Kier alpha value is -1.51. The minimum absolute atomic E-state index is 0.0609. The van der Waals surface area contributed by atoms with Crippen molar-refractivity contribution in [3.63, 3.8) is 0 Å². The summed E-state index contributed by atoms with van der Waals surface area (Å²) in [5, 5.41) is 0. The highest BCUT2D eigenvalue weighted by atomic mass is 16.2. The zero-order valence-corrected chi connectivity index (χ0v) is 7.16. The first-order valence-corrected chi connectivity index (χ1v) is 4.11. The molecule has 66 valence electrons. The van der Waals surface area contributed by atoms with Crippen LogP contribution in [0.2, 0.25) is 0 Å². The van der Waals surface area contributed by atoms with Gasteiger partial charge in [-0.15, -0.1) is 0 Å². The third-order valence-electron chi connectivity index (χ3n) is 2.36. The molecule has 0 aromatic carbocycles. The molecule has 13 heavy (non-hydrogen) atoms. The quantitative estimate of drug-likeness (QED) is 0.434. The van der Waals surface area contributed by atoms with Gasteiger partial charge in [0.2, 0.25) is 11.6 Å². The van der Waals surface area contributed by atoms with Crippen LogP contribution >= 0.6 is 0 Å². The number of ketones is 3. The topological polar surface area (TPSA) is 51.2 Å². The normalized spacial score (nSPS) is 27.2. The van der Waals surface area contributed by atoms with E-state index in [1.54, 1.807) is 13.0 Å². The third-order valence-corrected chi connectivity index (χ3v) is 2.36. The molecule has 0 heterocycles. The Balaban J connectivity index is 2.42. The van der Waals surface area contributed by atoms with Gasteiger partial charge >= 0.3 is 0 Å². The fraction of sp³-hybridized carbons (Fsp3) is 0.300. The van der Waals surface area contributed by atoms with E-state index in [-0.39, 0.29) is 11.7 Å². The number of carbonyl (C=O) groups is 3. The molecule has 3 heteroatoms. The fourth-order valence-electron chi connectivity index (χ4n) is 1.52. The maximum absolute atomic E-state index is 11.4. The van der Waals surface area contributed by atoms with Crippen LogP contribution < -0.4 is 0 Å². The van der Waals surface area contributed by atoms with Crippen molar-refractivity contribution in [3.8, 4) is 0 Å². The second-order valence-corrected chi connectivity index (χ2v) is 3.35. The minimum Gasteiger partial charge on any atom is -0.299 e. The summed E-state index contributed by atoms with van der Waals surface area (Å²) in [6, 6.07) is 0. The van der Waals surface area contributed by atoms with Gasteiger partial charge in [0.25, 0.3) is 0 Å². The molecule has 0 spiro atoms. The van der Waals surface area contributed by atoms with Gasteiger partial charge in [-0.25, -0.2) is 0 Å². The molecule has 0 aliphatic heterocycles. The van der Waals surface area contributed by atoms with Gasteiger partial charge in [0.15, 0.2) is 0 Å². The monoisotopic (exact) mass is 176 g/mol. The lowest BCUT2D eigenvalue weighted by atomic mass is 9.93. The number of rotatable bonds is 1. The summed E-state index contributed by atoms with van der Waals surface area (Å²) < 4.78 is 0. The third kappa shape index (κ3) is 1.16. The van der Waals surface area contributed by atoms with E-state index in [9.17, 15) is 14.4 Å². The van der Waals surface area contributed by atoms with Crippen LogP contribution in [0, 0.1) is 5.92 Å². The van der Waals surface area contributed by atoms with E-state index >= 15 is 0 Å². The van der Waals surface area contributed by atoms with Gasteiger partial charge in [-0.05, 0) is 18.6 Å². The van der Waals surface area contributed by atoms with E-state index in [1.807, 2.05) is 0 Å². The van der Waals surface area contributed by atoms with Crippen molar-refractivity contribution < 1.29 is 14.4 Å². The van der Waals surface area contributed by atoms with Gasteiger partial charge in [0.1, 0.15) is 5.78 Å². The average molecular weight is 176 g/mol. The molecule has 1 saturated carbocycles. The highest BCUT2D eigenvalue weighted by Gasteiger charge is 2.43. The zero-order valence-electron chi connectivity index (χ0n) is 7.16. The maximum atomic E-state index is 11.4. The Labute approximate surface area is 75.1 Å². The number of hydrogen-bond donors (Lipinski definition) is 0. The summed E-state index contributed by atoms with van der Waals surface area (Å²) in [5.41, 5.74) is 1.16. The lowest BCUT2D eigenvalue weighted by Gasteiger charge is -2.08. The predicted octanol–water partition coefficient (Wildman–Crippen LogP) is 0.600. The lowest BCUT2D eigenvalue weighted by Crippen LogP contribution is -2.19. The summed E-state index contributed by atoms with van der Waals surface area (Å²) in [5.74, 6) is -1.25. The van der Waals surface area contributed by atoms with Crippen LogP contribution in [-0.2, 0) is 14.4 Å². The van der Waals surface area contributed by atoms with Gasteiger partial charge in [-0.1, -0.05) is 6.08 Å². The molecule has 3 nitrogen and oxygen atoms in total. The predicted molar refractivity (Wildman–Crippen MR) is 45.0 cm³/mol. The summed E-state index contributed by atoms with van der Waals surface area (Å²) in [6.07, 6.45) is 3.28. The van der Waals surface area contributed by atoms with Crippen LogP contribution in [0.4, 0.5) is 0 Å². The van der Waals surface area contributed by atoms with Crippen molar-refractivity contribution in [2.24, 2.45) is 5.92 Å². The van der Waals surface area contributed by atoms with Crippen LogP contribution in [0.5, 0.6) is 0 Å². The Morgan fingerprint density at radius 3 is 2.38 bits per heavy atom. The summed E-state index contributed by atoms with van der Waals surface area (Å²) in [4.78, 5) is 33.2. The number of allylic oxidation sites excluding steroid dienone is 4. The highest BCUT2D eigenvalue weighted by molar-refractivity contribution is 6.49. The van der Waals surface area contributed by atoms with Gasteiger partial charge in [0.05, 0.1) is 5.92 Å². The minimum atomic E-state index is -0.514. The number of carbonyl (C=O) groups excluding carboxylic acids is 3.